The van der Waals surface area contributed by atoms with Crippen molar-refractivity contribution in [1.29, 1.82) is 0 Å². The van der Waals surface area contributed by atoms with E-state index in [1.807, 2.05) is 57.1 Å². The molecule has 1 atom stereocenters. The third-order valence-electron chi connectivity index (χ3n) is 4.37. The van der Waals surface area contributed by atoms with Crippen LogP contribution < -0.4 is 5.32 Å². The summed E-state index contributed by atoms with van der Waals surface area (Å²) in [7, 11) is 3.88. The molecule has 2 heterocycles. The van der Waals surface area contributed by atoms with E-state index in [2.05, 4.69) is 5.32 Å². The lowest BCUT2D eigenvalue weighted by Crippen LogP contribution is -2.34. The first-order valence-electron chi connectivity index (χ1n) is 8.05. The van der Waals surface area contributed by atoms with Crippen molar-refractivity contribution in [2.24, 2.45) is 0 Å². The molecule has 0 spiro atoms. The monoisotopic (exact) mass is 360 g/mol. The minimum Gasteiger partial charge on any atom is -0.468 e. The van der Waals surface area contributed by atoms with Crippen LogP contribution >= 0.6 is 11.6 Å². The van der Waals surface area contributed by atoms with Gasteiger partial charge < -0.3 is 14.2 Å². The van der Waals surface area contributed by atoms with Crippen LogP contribution in [-0.4, -0.2) is 31.4 Å². The summed E-state index contributed by atoms with van der Waals surface area (Å²) in [5.41, 5.74) is 2.37. The Morgan fingerprint density at radius 2 is 2.08 bits per heavy atom. The molecule has 0 radical (unpaired) electrons. The Hall–Kier alpha value is -2.24. The second-order valence-electron chi connectivity index (χ2n) is 6.36. The maximum absolute atomic E-state index is 12.6. The topological polar surface area (TPSA) is 58.6 Å². The molecule has 132 valence electrons. The lowest BCUT2D eigenvalue weighted by molar-refractivity contribution is 0.0912. The number of fused-ring (bicyclic) bond motifs is 1. The highest BCUT2D eigenvalue weighted by Gasteiger charge is 2.22. The van der Waals surface area contributed by atoms with Gasteiger partial charge in [0, 0.05) is 22.5 Å². The molecule has 0 saturated heterocycles. The van der Waals surface area contributed by atoms with Crippen LogP contribution in [0.4, 0.5) is 0 Å². The summed E-state index contributed by atoms with van der Waals surface area (Å²) in [5, 5.41) is 4.45. The fourth-order valence-electron chi connectivity index (χ4n) is 2.85. The summed E-state index contributed by atoms with van der Waals surface area (Å²) in [6.07, 6.45) is 1.63. The Labute approximate surface area is 151 Å². The number of carbonyl (C=O) groups is 1. The van der Waals surface area contributed by atoms with Gasteiger partial charge in [0.05, 0.1) is 12.3 Å². The fraction of sp³-hybridized carbons (Fsp3) is 0.316. The van der Waals surface area contributed by atoms with Crippen LogP contribution in [0.5, 0.6) is 0 Å². The molecule has 5 nitrogen and oxygen atoms in total. The van der Waals surface area contributed by atoms with Crippen molar-refractivity contribution in [2.45, 2.75) is 19.9 Å². The molecule has 1 N–H and O–H groups in total. The standard InChI is InChI=1S/C19H21ClN2O3/c1-11-8-17-13(9-14(11)20)12(2)18(25-17)19(23)21-10-15(22(3)4)16-6-5-7-24-16/h5-9,15H,10H2,1-4H3,(H,21,23). The van der Waals surface area contributed by atoms with E-state index >= 15 is 0 Å². The molecule has 25 heavy (non-hydrogen) atoms. The van der Waals surface area contributed by atoms with Crippen molar-refractivity contribution in [3.63, 3.8) is 0 Å². The van der Waals surface area contributed by atoms with Gasteiger partial charge in [0.15, 0.2) is 5.76 Å². The normalized spacial score (nSPS) is 12.7. The van der Waals surface area contributed by atoms with Crippen molar-refractivity contribution in [2.75, 3.05) is 20.6 Å². The molecule has 0 saturated carbocycles. The molecule has 3 aromatic rings. The Morgan fingerprint density at radius 1 is 1.32 bits per heavy atom. The van der Waals surface area contributed by atoms with Gasteiger partial charge in [-0.25, -0.2) is 0 Å². The molecular formula is C19H21ClN2O3. The van der Waals surface area contributed by atoms with E-state index in [1.54, 1.807) is 6.26 Å². The average molecular weight is 361 g/mol. The number of halogens is 1. The zero-order valence-corrected chi connectivity index (χ0v) is 15.5. The molecule has 1 amide bonds. The number of hydrogen-bond acceptors (Lipinski definition) is 4. The van der Waals surface area contributed by atoms with Gasteiger partial charge >= 0.3 is 0 Å². The quantitative estimate of drug-likeness (QED) is 0.735. The lowest BCUT2D eigenvalue weighted by Gasteiger charge is -2.22. The Bertz CT molecular complexity index is 897. The van der Waals surface area contributed by atoms with E-state index in [9.17, 15) is 4.79 Å². The van der Waals surface area contributed by atoms with Crippen LogP contribution in [0.25, 0.3) is 11.0 Å². The van der Waals surface area contributed by atoms with Crippen LogP contribution in [0.15, 0.2) is 39.4 Å². The number of furan rings is 2. The van der Waals surface area contributed by atoms with Crippen LogP contribution in [0.1, 0.15) is 33.5 Å². The van der Waals surface area contributed by atoms with E-state index in [0.29, 0.717) is 22.9 Å². The molecule has 6 heteroatoms. The SMILES string of the molecule is Cc1cc2oc(C(=O)NCC(c3ccco3)N(C)C)c(C)c2cc1Cl. The molecule has 0 bridgehead atoms. The van der Waals surface area contributed by atoms with Crippen molar-refractivity contribution in [1.82, 2.24) is 10.2 Å². The number of likely N-dealkylation sites (N-methyl/N-ethyl adjacent to an activating group) is 1. The lowest BCUT2D eigenvalue weighted by atomic mass is 10.1. The third-order valence-corrected chi connectivity index (χ3v) is 4.78. The van der Waals surface area contributed by atoms with Crippen molar-refractivity contribution >= 4 is 28.5 Å². The van der Waals surface area contributed by atoms with Crippen molar-refractivity contribution in [3.8, 4) is 0 Å². The second kappa shape index (κ2) is 6.94. The Balaban J connectivity index is 1.81. The molecule has 1 unspecified atom stereocenters. The summed E-state index contributed by atoms with van der Waals surface area (Å²) < 4.78 is 11.2. The van der Waals surface area contributed by atoms with E-state index in [0.717, 1.165) is 22.3 Å². The number of carbonyl (C=O) groups excluding carboxylic acids is 1. The zero-order valence-electron chi connectivity index (χ0n) is 14.7. The predicted octanol–water partition coefficient (Wildman–Crippen LogP) is 4.33. The van der Waals surface area contributed by atoms with Crippen molar-refractivity contribution in [3.05, 3.63) is 58.2 Å². The smallest absolute Gasteiger partial charge is 0.287 e. The predicted molar refractivity (Wildman–Crippen MR) is 98.2 cm³/mol. The number of nitrogens with one attached hydrogen (secondary N) is 1. The number of aryl methyl sites for hydroxylation is 2. The molecule has 2 aromatic heterocycles. The molecule has 0 fully saturated rings. The van der Waals surface area contributed by atoms with Gasteiger partial charge in [0.25, 0.3) is 5.91 Å². The van der Waals surface area contributed by atoms with Gasteiger partial charge in [-0.3, -0.25) is 9.69 Å². The first-order valence-corrected chi connectivity index (χ1v) is 8.43. The van der Waals surface area contributed by atoms with Crippen LogP contribution in [0.3, 0.4) is 0 Å². The number of nitrogens with zero attached hydrogens (tertiary/aromatic N) is 1. The van der Waals surface area contributed by atoms with Gasteiger partial charge in [-0.2, -0.15) is 0 Å². The van der Waals surface area contributed by atoms with Gasteiger partial charge in [-0.1, -0.05) is 11.6 Å². The highest BCUT2D eigenvalue weighted by molar-refractivity contribution is 6.32. The first-order chi connectivity index (χ1) is 11.9. The summed E-state index contributed by atoms with van der Waals surface area (Å²) in [6.45, 7) is 4.18. The summed E-state index contributed by atoms with van der Waals surface area (Å²) in [5.74, 6) is 0.864. The highest BCUT2D eigenvalue weighted by atomic mass is 35.5. The summed E-state index contributed by atoms with van der Waals surface area (Å²) >= 11 is 6.18. The molecule has 3 rings (SSSR count). The van der Waals surface area contributed by atoms with E-state index in [-0.39, 0.29) is 11.9 Å². The number of hydrogen-bond donors (Lipinski definition) is 1. The highest BCUT2D eigenvalue weighted by Crippen LogP contribution is 2.30. The van der Waals surface area contributed by atoms with Gasteiger partial charge in [-0.15, -0.1) is 0 Å². The third kappa shape index (κ3) is 3.43. The largest absolute Gasteiger partial charge is 0.468 e. The molecule has 0 aliphatic carbocycles. The molecular weight excluding hydrogens is 340 g/mol. The van der Waals surface area contributed by atoms with Crippen molar-refractivity contribution < 1.29 is 13.6 Å². The molecule has 1 aromatic carbocycles. The average Bonchev–Trinajstić information content (AvgIpc) is 3.18. The first kappa shape index (κ1) is 17.6. The van der Waals surface area contributed by atoms with Gasteiger partial charge in [0.1, 0.15) is 11.3 Å². The van der Waals surface area contributed by atoms with Gasteiger partial charge in [0.2, 0.25) is 0 Å². The summed E-state index contributed by atoms with van der Waals surface area (Å²) in [4.78, 5) is 14.6. The number of amides is 1. The minimum atomic E-state index is -0.249. The minimum absolute atomic E-state index is 0.0553. The fourth-order valence-corrected chi connectivity index (χ4v) is 3.01. The second-order valence-corrected chi connectivity index (χ2v) is 6.77. The molecule has 0 aliphatic rings. The zero-order chi connectivity index (χ0) is 18.1. The van der Waals surface area contributed by atoms with Crippen LogP contribution in [0, 0.1) is 13.8 Å². The maximum Gasteiger partial charge on any atom is 0.287 e. The number of benzene rings is 1. The van der Waals surface area contributed by atoms with Crippen LogP contribution in [-0.2, 0) is 0 Å². The van der Waals surface area contributed by atoms with Gasteiger partial charge in [-0.05, 0) is 57.8 Å². The Kier molecular flexibility index (Phi) is 4.88. The van der Waals surface area contributed by atoms with E-state index in [1.165, 1.54) is 0 Å². The summed E-state index contributed by atoms with van der Waals surface area (Å²) in [6, 6.07) is 7.37. The van der Waals surface area contributed by atoms with E-state index < -0.39 is 0 Å². The maximum atomic E-state index is 12.6. The molecule has 0 aliphatic heterocycles. The van der Waals surface area contributed by atoms with E-state index in [4.69, 9.17) is 20.4 Å². The van der Waals surface area contributed by atoms with Crippen LogP contribution in [0.2, 0.25) is 5.02 Å². The number of rotatable bonds is 5. The Morgan fingerprint density at radius 3 is 2.72 bits per heavy atom.